The number of carbonyl (C=O) groups is 3. The third kappa shape index (κ3) is 6.63. The smallest absolute Gasteiger partial charge is 0.330 e. The van der Waals surface area contributed by atoms with Gasteiger partial charge in [-0.25, -0.2) is 4.79 Å². The van der Waals surface area contributed by atoms with Gasteiger partial charge in [0.05, 0.1) is 6.21 Å². The van der Waals surface area contributed by atoms with E-state index in [1.54, 1.807) is 0 Å². The van der Waals surface area contributed by atoms with Crippen LogP contribution in [-0.2, 0) is 23.9 Å². The number of rotatable bonds is 9. The lowest BCUT2D eigenvalue weighted by Gasteiger charge is -2.18. The van der Waals surface area contributed by atoms with Crippen LogP contribution in [0.5, 0.6) is 0 Å². The van der Waals surface area contributed by atoms with Crippen LogP contribution in [0.4, 0.5) is 0 Å². The molecule has 0 aliphatic rings. The van der Waals surface area contributed by atoms with E-state index < -0.39 is 36.6 Å². The Kier molecular flexibility index (Phi) is 8.30. The molecule has 0 aromatic heterocycles. The number of nitrogens with one attached hydrogen (secondary N) is 2. The van der Waals surface area contributed by atoms with Crippen LogP contribution in [0.2, 0.25) is 0 Å². The minimum Gasteiger partial charge on any atom is -0.437 e. The van der Waals surface area contributed by atoms with Crippen LogP contribution >= 0.6 is 0 Å². The molecule has 0 heterocycles. The SMILES string of the molecule is CO[C@H](C)C(=O)N[C@@H](CCC(=O)C=N)C(=O)OCO. The topological polar surface area (TPSA) is 126 Å². The molecule has 0 radical (unpaired) electrons. The zero-order valence-corrected chi connectivity index (χ0v) is 10.8. The summed E-state index contributed by atoms with van der Waals surface area (Å²) in [6, 6.07) is -1.07. The number of ether oxygens (including phenoxy) is 2. The molecule has 0 aliphatic heterocycles. The highest BCUT2D eigenvalue weighted by atomic mass is 16.6. The molecule has 19 heavy (non-hydrogen) atoms. The summed E-state index contributed by atoms with van der Waals surface area (Å²) in [5.74, 6) is -1.86. The second-order valence-electron chi connectivity index (χ2n) is 3.68. The van der Waals surface area contributed by atoms with Crippen molar-refractivity contribution < 1.29 is 29.0 Å². The summed E-state index contributed by atoms with van der Waals surface area (Å²) in [6.45, 7) is 0.677. The lowest BCUT2D eigenvalue weighted by atomic mass is 10.1. The maximum atomic E-state index is 11.6. The predicted molar refractivity (Wildman–Crippen MR) is 64.6 cm³/mol. The average Bonchev–Trinajstić information content (AvgIpc) is 2.41. The first-order valence-corrected chi connectivity index (χ1v) is 5.60. The number of ketones is 1. The zero-order chi connectivity index (χ0) is 14.8. The number of carbonyl (C=O) groups excluding carboxylic acids is 3. The van der Waals surface area contributed by atoms with Gasteiger partial charge in [0.2, 0.25) is 5.91 Å². The summed E-state index contributed by atoms with van der Waals surface area (Å²) in [5.41, 5.74) is 0. The number of aliphatic hydroxyl groups excluding tert-OH is 1. The summed E-state index contributed by atoms with van der Waals surface area (Å²) >= 11 is 0. The van der Waals surface area contributed by atoms with Gasteiger partial charge in [-0.15, -0.1) is 0 Å². The van der Waals surface area contributed by atoms with E-state index in [0.717, 1.165) is 0 Å². The maximum Gasteiger partial charge on any atom is 0.330 e. The van der Waals surface area contributed by atoms with Gasteiger partial charge in [0.25, 0.3) is 0 Å². The molecule has 108 valence electrons. The molecule has 1 amide bonds. The van der Waals surface area contributed by atoms with Gasteiger partial charge in [0.1, 0.15) is 12.1 Å². The second kappa shape index (κ2) is 9.17. The van der Waals surface area contributed by atoms with Gasteiger partial charge >= 0.3 is 5.97 Å². The molecule has 0 aliphatic carbocycles. The molecule has 8 nitrogen and oxygen atoms in total. The van der Waals surface area contributed by atoms with Crippen molar-refractivity contribution in [3.8, 4) is 0 Å². The molecule has 3 N–H and O–H groups in total. The fraction of sp³-hybridized carbons (Fsp3) is 0.636. The lowest BCUT2D eigenvalue weighted by molar-refractivity contribution is -0.156. The lowest BCUT2D eigenvalue weighted by Crippen LogP contribution is -2.46. The Morgan fingerprint density at radius 1 is 1.42 bits per heavy atom. The van der Waals surface area contributed by atoms with Gasteiger partial charge in [-0.2, -0.15) is 0 Å². The predicted octanol–water partition coefficient (Wildman–Crippen LogP) is -1.00. The highest BCUT2D eigenvalue weighted by Gasteiger charge is 2.25. The monoisotopic (exact) mass is 274 g/mol. The van der Waals surface area contributed by atoms with E-state index in [0.29, 0.717) is 6.21 Å². The number of aliphatic hydroxyl groups is 1. The van der Waals surface area contributed by atoms with Gasteiger partial charge in [0.15, 0.2) is 12.6 Å². The quantitative estimate of drug-likeness (QED) is 0.281. The van der Waals surface area contributed by atoms with Gasteiger partial charge < -0.3 is 25.3 Å². The number of Topliss-reactive ketones (excluding diaryl/α,β-unsaturated/α-hetero) is 1. The number of methoxy groups -OCH3 is 1. The Balaban J connectivity index is 4.57. The Hall–Kier alpha value is -1.80. The second-order valence-corrected chi connectivity index (χ2v) is 3.68. The minimum absolute atomic E-state index is 0.0186. The maximum absolute atomic E-state index is 11.6. The van der Waals surface area contributed by atoms with Crippen LogP contribution in [0.15, 0.2) is 0 Å². The van der Waals surface area contributed by atoms with E-state index in [1.165, 1.54) is 14.0 Å². The summed E-state index contributed by atoms with van der Waals surface area (Å²) in [5, 5.41) is 17.6. The number of amides is 1. The normalized spacial score (nSPS) is 13.2. The third-order valence-electron chi connectivity index (χ3n) is 2.37. The summed E-state index contributed by atoms with van der Waals surface area (Å²) in [6.07, 6.45) is -0.234. The summed E-state index contributed by atoms with van der Waals surface area (Å²) in [4.78, 5) is 34.0. The summed E-state index contributed by atoms with van der Waals surface area (Å²) in [7, 11) is 1.34. The van der Waals surface area contributed by atoms with Gasteiger partial charge in [-0.05, 0) is 13.3 Å². The molecule has 0 saturated heterocycles. The van der Waals surface area contributed by atoms with Crippen molar-refractivity contribution in [2.45, 2.75) is 31.9 Å². The van der Waals surface area contributed by atoms with E-state index >= 15 is 0 Å². The minimum atomic E-state index is -1.07. The molecule has 0 aromatic rings. The fourth-order valence-corrected chi connectivity index (χ4v) is 1.17. The first-order chi connectivity index (χ1) is 8.96. The highest BCUT2D eigenvalue weighted by Crippen LogP contribution is 2.02. The fourth-order valence-electron chi connectivity index (χ4n) is 1.17. The number of esters is 1. The van der Waals surface area contributed by atoms with Crippen LogP contribution in [0.1, 0.15) is 19.8 Å². The first-order valence-electron chi connectivity index (χ1n) is 5.60. The average molecular weight is 274 g/mol. The van der Waals surface area contributed by atoms with Crippen molar-refractivity contribution >= 4 is 23.9 Å². The van der Waals surface area contributed by atoms with Crippen molar-refractivity contribution in [1.82, 2.24) is 5.32 Å². The zero-order valence-electron chi connectivity index (χ0n) is 10.8. The largest absolute Gasteiger partial charge is 0.437 e. The van der Waals surface area contributed by atoms with Gasteiger partial charge in [-0.1, -0.05) is 0 Å². The Labute approximate surface area is 110 Å². The van der Waals surface area contributed by atoms with Crippen LogP contribution in [-0.4, -0.2) is 55.0 Å². The van der Waals surface area contributed by atoms with Crippen LogP contribution < -0.4 is 5.32 Å². The van der Waals surface area contributed by atoms with Crippen LogP contribution in [0.3, 0.4) is 0 Å². The van der Waals surface area contributed by atoms with Crippen LogP contribution in [0.25, 0.3) is 0 Å². The van der Waals surface area contributed by atoms with Crippen molar-refractivity contribution in [2.24, 2.45) is 0 Å². The number of hydrogen-bond acceptors (Lipinski definition) is 7. The summed E-state index contributed by atoms with van der Waals surface area (Å²) < 4.78 is 9.16. The molecule has 0 aromatic carbocycles. The van der Waals surface area contributed by atoms with E-state index in [-0.39, 0.29) is 12.8 Å². The molecule has 0 saturated carbocycles. The van der Waals surface area contributed by atoms with Gasteiger partial charge in [0, 0.05) is 13.5 Å². The van der Waals surface area contributed by atoms with Crippen molar-refractivity contribution in [3.63, 3.8) is 0 Å². The van der Waals surface area contributed by atoms with Crippen LogP contribution in [0, 0.1) is 5.41 Å². The molecular weight excluding hydrogens is 256 g/mol. The van der Waals surface area contributed by atoms with Gasteiger partial charge in [-0.3, -0.25) is 9.59 Å². The van der Waals surface area contributed by atoms with Crippen molar-refractivity contribution in [3.05, 3.63) is 0 Å². The number of hydrogen-bond donors (Lipinski definition) is 3. The van der Waals surface area contributed by atoms with E-state index in [9.17, 15) is 14.4 Å². The molecule has 0 rings (SSSR count). The van der Waals surface area contributed by atoms with E-state index in [4.69, 9.17) is 15.3 Å². The van der Waals surface area contributed by atoms with Crippen molar-refractivity contribution in [2.75, 3.05) is 13.9 Å². The molecule has 0 unspecified atom stereocenters. The van der Waals surface area contributed by atoms with E-state index in [1.807, 2.05) is 0 Å². The highest BCUT2D eigenvalue weighted by molar-refractivity contribution is 6.26. The standard InChI is InChI=1S/C11H18N2O6/c1-7(18-2)10(16)13-9(11(17)19-6-14)4-3-8(15)5-12/h5,7,9,12,14H,3-4,6H2,1-2H3,(H,13,16)/t7-,9+/m1/s1. The Morgan fingerprint density at radius 2 is 2.05 bits per heavy atom. The Morgan fingerprint density at radius 3 is 2.53 bits per heavy atom. The van der Waals surface area contributed by atoms with Crippen molar-refractivity contribution in [1.29, 1.82) is 5.41 Å². The third-order valence-corrected chi connectivity index (χ3v) is 2.37. The molecular formula is C11H18N2O6. The molecule has 0 spiro atoms. The molecule has 0 bridgehead atoms. The first kappa shape index (κ1) is 17.2. The Bertz CT molecular complexity index is 344. The molecule has 8 heteroatoms. The molecule has 0 fully saturated rings. The molecule has 2 atom stereocenters. The van der Waals surface area contributed by atoms with E-state index in [2.05, 4.69) is 10.1 Å².